The molecule has 8 heteroatoms. The first kappa shape index (κ1) is 38.8. The second-order valence-electron chi connectivity index (χ2n) is 17.5. The van der Waals surface area contributed by atoms with Gasteiger partial charge in [-0.2, -0.15) is 0 Å². The van der Waals surface area contributed by atoms with E-state index in [1.807, 2.05) is 0 Å². The predicted molar refractivity (Wildman–Crippen MR) is 225 cm³/mol. The number of hydrogen-bond donors (Lipinski definition) is 2. The smallest absolute Gasteiger partial charge is 0.322 e. The molecule has 0 atom stereocenters. The van der Waals surface area contributed by atoms with E-state index < -0.39 is 0 Å². The van der Waals surface area contributed by atoms with Gasteiger partial charge in [0.1, 0.15) is 0 Å². The highest BCUT2D eigenvalue weighted by atomic mass is 16.2. The minimum Gasteiger partial charge on any atom is -0.372 e. The van der Waals surface area contributed by atoms with Crippen molar-refractivity contribution in [2.45, 2.75) is 153 Å². The Bertz CT molecular complexity index is 1300. The molecule has 5 fully saturated rings. The van der Waals surface area contributed by atoms with Gasteiger partial charge < -0.3 is 30.2 Å². The van der Waals surface area contributed by atoms with Crippen LogP contribution in [0.4, 0.5) is 32.3 Å². The third-order valence-corrected chi connectivity index (χ3v) is 13.6. The van der Waals surface area contributed by atoms with E-state index in [-0.39, 0.29) is 12.1 Å². The molecular formula is C46H70N6O2. The number of amides is 4. The number of carbonyl (C=O) groups excluding carboxylic acids is 2. The second kappa shape index (κ2) is 20.0. The van der Waals surface area contributed by atoms with Gasteiger partial charge in [-0.25, -0.2) is 9.59 Å². The van der Waals surface area contributed by atoms with Crippen LogP contribution < -0.4 is 20.4 Å². The van der Waals surface area contributed by atoms with Gasteiger partial charge in [0.05, 0.1) is 0 Å². The van der Waals surface area contributed by atoms with Crippen molar-refractivity contribution in [1.82, 2.24) is 9.80 Å². The number of benzene rings is 2. The summed E-state index contributed by atoms with van der Waals surface area (Å²) in [4.78, 5) is 37.4. The lowest BCUT2D eigenvalue weighted by atomic mass is 9.80. The predicted octanol–water partition coefficient (Wildman–Crippen LogP) is 11.3. The highest BCUT2D eigenvalue weighted by Gasteiger charge is 2.33. The molecule has 8 nitrogen and oxygen atoms in total. The summed E-state index contributed by atoms with van der Waals surface area (Å²) in [6.45, 7) is 6.20. The van der Waals surface area contributed by atoms with Gasteiger partial charge in [-0.05, 0) is 137 Å². The van der Waals surface area contributed by atoms with E-state index in [0.29, 0.717) is 23.9 Å². The molecule has 5 aliphatic rings. The van der Waals surface area contributed by atoms with Gasteiger partial charge in [-0.1, -0.05) is 64.2 Å². The zero-order valence-electron chi connectivity index (χ0n) is 33.3. The highest BCUT2D eigenvalue weighted by molar-refractivity contribution is 5.90. The van der Waals surface area contributed by atoms with E-state index >= 15 is 0 Å². The first-order valence-corrected chi connectivity index (χ1v) is 22.4. The Balaban J connectivity index is 0.936. The molecule has 2 aromatic rings. The van der Waals surface area contributed by atoms with Crippen molar-refractivity contribution in [2.24, 2.45) is 11.8 Å². The molecule has 2 aliphatic heterocycles. The molecule has 0 unspecified atom stereocenters. The van der Waals surface area contributed by atoms with Gasteiger partial charge in [-0.3, -0.25) is 0 Å². The molecule has 3 saturated carbocycles. The molecule has 0 aromatic heterocycles. The average molecular weight is 739 g/mol. The lowest BCUT2D eigenvalue weighted by molar-refractivity contribution is 0.117. The number of carbonyl (C=O) groups is 2. The van der Waals surface area contributed by atoms with Crippen LogP contribution in [0.1, 0.15) is 141 Å². The summed E-state index contributed by atoms with van der Waals surface area (Å²) in [6.07, 6.45) is 26.8. The first-order valence-electron chi connectivity index (χ1n) is 22.4. The molecule has 4 amide bonds. The van der Waals surface area contributed by atoms with Crippen LogP contribution in [-0.4, -0.2) is 73.2 Å². The minimum atomic E-state index is 0.0751. The van der Waals surface area contributed by atoms with Crippen molar-refractivity contribution in [2.75, 3.05) is 59.7 Å². The van der Waals surface area contributed by atoms with Crippen LogP contribution in [0, 0.1) is 11.8 Å². The SMILES string of the molecule is O=C(Nc1ccc(N2CCCCCC2)cc1)N(CC1CCC(CN(C(=O)Nc2ccc(N3CCCCCC3)cc2)C2CCCCC2)CC1)C1CCCCC1. The zero-order valence-corrected chi connectivity index (χ0v) is 33.3. The van der Waals surface area contributed by atoms with E-state index in [1.165, 1.54) is 101 Å². The molecule has 54 heavy (non-hydrogen) atoms. The van der Waals surface area contributed by atoms with Crippen LogP contribution in [0.5, 0.6) is 0 Å². The van der Waals surface area contributed by atoms with Crippen LogP contribution in [0.2, 0.25) is 0 Å². The summed E-state index contributed by atoms with van der Waals surface area (Å²) in [5, 5.41) is 6.62. The maximum atomic E-state index is 14.0. The Morgan fingerprint density at radius 2 is 0.759 bits per heavy atom. The number of urea groups is 2. The number of rotatable bonds is 10. The lowest BCUT2D eigenvalue weighted by Gasteiger charge is -2.40. The normalized spacial score (nSPS) is 23.6. The number of hydrogen-bond acceptors (Lipinski definition) is 4. The van der Waals surface area contributed by atoms with E-state index in [9.17, 15) is 9.59 Å². The minimum absolute atomic E-state index is 0.0751. The highest BCUT2D eigenvalue weighted by Crippen LogP contribution is 2.34. The molecule has 7 rings (SSSR count). The Labute approximate surface area is 326 Å². The average Bonchev–Trinajstić information content (AvgIpc) is 3.67. The summed E-state index contributed by atoms with van der Waals surface area (Å²) < 4.78 is 0. The van der Waals surface area contributed by atoms with Gasteiger partial charge in [0.15, 0.2) is 0 Å². The first-order chi connectivity index (χ1) is 26.6. The van der Waals surface area contributed by atoms with Crippen molar-refractivity contribution >= 4 is 34.8 Å². The quantitative estimate of drug-likeness (QED) is 0.255. The van der Waals surface area contributed by atoms with Gasteiger partial charge in [0, 0.05) is 74.1 Å². The van der Waals surface area contributed by atoms with Crippen LogP contribution >= 0.6 is 0 Å². The lowest BCUT2D eigenvalue weighted by Crippen LogP contribution is -2.48. The van der Waals surface area contributed by atoms with E-state index in [2.05, 4.69) is 78.8 Å². The summed E-state index contributed by atoms with van der Waals surface area (Å²) in [5.74, 6) is 1.03. The Hall–Kier alpha value is -3.42. The maximum absolute atomic E-state index is 14.0. The van der Waals surface area contributed by atoms with Crippen LogP contribution in [-0.2, 0) is 0 Å². The largest absolute Gasteiger partial charge is 0.372 e. The Morgan fingerprint density at radius 1 is 0.444 bits per heavy atom. The van der Waals surface area contributed by atoms with Crippen molar-refractivity contribution < 1.29 is 9.59 Å². The monoisotopic (exact) mass is 739 g/mol. The van der Waals surface area contributed by atoms with Crippen molar-refractivity contribution in [3.05, 3.63) is 48.5 Å². The third kappa shape index (κ3) is 10.9. The molecule has 3 aliphatic carbocycles. The van der Waals surface area contributed by atoms with Crippen molar-refractivity contribution in [1.29, 1.82) is 0 Å². The Morgan fingerprint density at radius 3 is 1.09 bits per heavy atom. The fourth-order valence-electron chi connectivity index (χ4n) is 10.3. The van der Waals surface area contributed by atoms with Crippen molar-refractivity contribution in [3.63, 3.8) is 0 Å². The fraction of sp³-hybridized carbons (Fsp3) is 0.696. The van der Waals surface area contributed by atoms with Gasteiger partial charge in [0.25, 0.3) is 0 Å². The van der Waals surface area contributed by atoms with Crippen LogP contribution in [0.3, 0.4) is 0 Å². The summed E-state index contributed by atoms with van der Waals surface area (Å²) in [6, 6.07) is 18.0. The number of nitrogens with one attached hydrogen (secondary N) is 2. The van der Waals surface area contributed by atoms with Gasteiger partial charge in [-0.15, -0.1) is 0 Å². The molecule has 0 bridgehead atoms. The zero-order chi connectivity index (χ0) is 37.0. The summed E-state index contributed by atoms with van der Waals surface area (Å²) in [5.41, 5.74) is 4.34. The van der Waals surface area contributed by atoms with E-state index in [1.54, 1.807) is 0 Å². The van der Waals surface area contributed by atoms with E-state index in [4.69, 9.17) is 0 Å². The maximum Gasteiger partial charge on any atom is 0.322 e. The van der Waals surface area contributed by atoms with E-state index in [0.717, 1.165) is 102 Å². The topological polar surface area (TPSA) is 71.2 Å². The molecular weight excluding hydrogens is 669 g/mol. The Kier molecular flexibility index (Phi) is 14.4. The summed E-state index contributed by atoms with van der Waals surface area (Å²) >= 11 is 0. The molecule has 2 aromatic carbocycles. The molecule has 2 N–H and O–H groups in total. The second-order valence-corrected chi connectivity index (χ2v) is 17.5. The number of nitrogens with zero attached hydrogens (tertiary/aromatic N) is 4. The fourth-order valence-corrected chi connectivity index (χ4v) is 10.3. The molecule has 2 heterocycles. The van der Waals surface area contributed by atoms with Gasteiger partial charge >= 0.3 is 12.1 Å². The van der Waals surface area contributed by atoms with Crippen molar-refractivity contribution in [3.8, 4) is 0 Å². The number of anilines is 4. The standard InChI is InChI=1S/C46H70N6O2/c53-45(47-39-23-27-41(28-24-39)49-31-11-1-2-12-32-49)51(43-15-7-5-8-16-43)35-37-19-21-38(22-20-37)36-52(44-17-9-6-10-18-44)46(54)48-40-25-29-42(30-26-40)50-33-13-3-4-14-34-50/h23-30,37-38,43-44H,1-22,31-36H2,(H,47,53)(H,48,54). The van der Waals surface area contributed by atoms with Gasteiger partial charge in [0.2, 0.25) is 0 Å². The van der Waals surface area contributed by atoms with Crippen LogP contribution in [0.25, 0.3) is 0 Å². The molecule has 2 saturated heterocycles. The van der Waals surface area contributed by atoms with Crippen LogP contribution in [0.15, 0.2) is 48.5 Å². The molecule has 0 radical (unpaired) electrons. The summed E-state index contributed by atoms with van der Waals surface area (Å²) in [7, 11) is 0. The third-order valence-electron chi connectivity index (χ3n) is 13.6. The molecule has 296 valence electrons. The molecule has 0 spiro atoms.